The first-order valence-electron chi connectivity index (χ1n) is 8.90. The first-order valence-corrected chi connectivity index (χ1v) is 8.90. The van der Waals surface area contributed by atoms with Gasteiger partial charge in [-0.05, 0) is 24.3 Å². The zero-order chi connectivity index (χ0) is 20.0. The average molecular weight is 382 g/mol. The van der Waals surface area contributed by atoms with Crippen molar-refractivity contribution in [2.45, 2.75) is 0 Å². The van der Waals surface area contributed by atoms with E-state index in [2.05, 4.69) is 15.5 Å². The number of carbonyl (C=O) groups is 2. The fourth-order valence-corrected chi connectivity index (χ4v) is 3.43. The molecule has 0 saturated carbocycles. The molecule has 0 spiro atoms. The largest absolute Gasteiger partial charge is 0.403 e. The van der Waals surface area contributed by atoms with Gasteiger partial charge in [-0.2, -0.15) is 0 Å². The summed E-state index contributed by atoms with van der Waals surface area (Å²) in [6.07, 6.45) is 0. The van der Waals surface area contributed by atoms with Crippen molar-refractivity contribution in [2.24, 2.45) is 0 Å². The van der Waals surface area contributed by atoms with E-state index in [-0.39, 0.29) is 40.3 Å². The van der Waals surface area contributed by atoms with E-state index in [0.717, 1.165) is 5.69 Å². The van der Waals surface area contributed by atoms with Crippen molar-refractivity contribution in [1.29, 1.82) is 0 Å². The third-order valence-electron chi connectivity index (χ3n) is 4.81. The Morgan fingerprint density at radius 2 is 1.38 bits per heavy atom. The van der Waals surface area contributed by atoms with Crippen LogP contribution in [0.15, 0.2) is 71.1 Å². The van der Waals surface area contributed by atoms with Crippen molar-refractivity contribution in [3.8, 4) is 11.5 Å². The van der Waals surface area contributed by atoms with E-state index in [0.29, 0.717) is 16.7 Å². The number of nitrogens with zero attached hydrogens (tertiary/aromatic N) is 2. The number of rotatable bonds is 3. The molecule has 5 rings (SSSR count). The lowest BCUT2D eigenvalue weighted by Gasteiger charge is -2.19. The number of benzene rings is 3. The van der Waals surface area contributed by atoms with Crippen molar-refractivity contribution in [1.82, 2.24) is 10.2 Å². The highest BCUT2D eigenvalue weighted by Crippen LogP contribution is 2.36. The maximum Gasteiger partial charge on any atom is 0.320 e. The number of nitrogen functional groups attached to an aromatic ring is 1. The summed E-state index contributed by atoms with van der Waals surface area (Å²) in [6, 6.07) is 19.5. The van der Waals surface area contributed by atoms with Gasteiger partial charge in [-0.1, -0.05) is 47.6 Å². The van der Waals surface area contributed by atoms with Gasteiger partial charge >= 0.3 is 6.01 Å². The highest BCUT2D eigenvalue weighted by atomic mass is 16.4. The summed E-state index contributed by atoms with van der Waals surface area (Å²) >= 11 is 0. The molecule has 0 unspecified atom stereocenters. The van der Waals surface area contributed by atoms with E-state index in [1.165, 1.54) is 0 Å². The number of ketones is 2. The SMILES string of the molecule is Nc1c(-c2nnc(Nc3ccccc3)o2)ccc2c1C(=O)c1ccccc1C2=O. The summed E-state index contributed by atoms with van der Waals surface area (Å²) in [6.45, 7) is 0. The summed E-state index contributed by atoms with van der Waals surface area (Å²) in [5.74, 6) is -0.370. The van der Waals surface area contributed by atoms with Gasteiger partial charge in [0.05, 0.1) is 16.8 Å². The molecule has 1 heterocycles. The van der Waals surface area contributed by atoms with Crippen molar-refractivity contribution in [2.75, 3.05) is 11.1 Å². The Bertz CT molecular complexity index is 1280. The number of para-hydroxylation sites is 1. The standard InChI is InChI=1S/C22H14N4O3/c23-18-16(21-25-26-22(29-21)24-12-6-2-1-3-7-12)11-10-15-17(18)20(28)14-9-5-4-8-13(14)19(15)27/h1-11H,23H2,(H,24,26). The fraction of sp³-hybridized carbons (Fsp3) is 0. The van der Waals surface area contributed by atoms with Crippen LogP contribution >= 0.6 is 0 Å². The van der Waals surface area contributed by atoms with Gasteiger partial charge in [-0.3, -0.25) is 9.59 Å². The van der Waals surface area contributed by atoms with Crippen LogP contribution in [0.25, 0.3) is 11.5 Å². The number of hydrogen-bond acceptors (Lipinski definition) is 7. The smallest absolute Gasteiger partial charge is 0.320 e. The third-order valence-corrected chi connectivity index (χ3v) is 4.81. The van der Waals surface area contributed by atoms with Gasteiger partial charge in [-0.15, -0.1) is 5.10 Å². The van der Waals surface area contributed by atoms with Gasteiger partial charge in [0, 0.05) is 22.4 Å². The molecular weight excluding hydrogens is 368 g/mol. The fourth-order valence-electron chi connectivity index (χ4n) is 3.43. The zero-order valence-corrected chi connectivity index (χ0v) is 15.0. The van der Waals surface area contributed by atoms with Crippen LogP contribution < -0.4 is 11.1 Å². The summed E-state index contributed by atoms with van der Waals surface area (Å²) in [5, 5.41) is 11.0. The van der Waals surface area contributed by atoms with Crippen LogP contribution in [0, 0.1) is 0 Å². The van der Waals surface area contributed by atoms with Crippen molar-refractivity contribution >= 4 is 29.0 Å². The maximum atomic E-state index is 13.0. The molecule has 4 aromatic rings. The summed E-state index contributed by atoms with van der Waals surface area (Å²) < 4.78 is 5.67. The van der Waals surface area contributed by atoms with Crippen LogP contribution in [0.3, 0.4) is 0 Å². The molecule has 1 aliphatic rings. The maximum absolute atomic E-state index is 13.0. The first kappa shape index (κ1) is 16.9. The molecule has 7 nitrogen and oxygen atoms in total. The molecule has 1 aromatic heterocycles. The Balaban J connectivity index is 1.56. The number of carbonyl (C=O) groups excluding carboxylic acids is 2. The predicted octanol–water partition coefficient (Wildman–Crippen LogP) is 3.84. The minimum absolute atomic E-state index is 0.144. The quantitative estimate of drug-likeness (QED) is 0.456. The molecule has 3 N–H and O–H groups in total. The summed E-state index contributed by atoms with van der Waals surface area (Å²) in [5.41, 5.74) is 8.78. The Labute approximate surface area is 165 Å². The number of hydrogen-bond donors (Lipinski definition) is 2. The molecule has 0 radical (unpaired) electrons. The van der Waals surface area contributed by atoms with E-state index in [1.54, 1.807) is 36.4 Å². The van der Waals surface area contributed by atoms with Crippen molar-refractivity contribution in [3.05, 3.63) is 89.0 Å². The molecule has 0 fully saturated rings. The lowest BCUT2D eigenvalue weighted by molar-refractivity contribution is 0.0980. The third kappa shape index (κ3) is 2.68. The van der Waals surface area contributed by atoms with E-state index in [4.69, 9.17) is 10.2 Å². The number of anilines is 3. The summed E-state index contributed by atoms with van der Waals surface area (Å²) in [7, 11) is 0. The van der Waals surface area contributed by atoms with E-state index in [9.17, 15) is 9.59 Å². The van der Waals surface area contributed by atoms with Crippen LogP contribution in [0.5, 0.6) is 0 Å². The second kappa shape index (κ2) is 6.42. The van der Waals surface area contributed by atoms with E-state index >= 15 is 0 Å². The molecule has 0 bridgehead atoms. The van der Waals surface area contributed by atoms with Crippen LogP contribution in [0.4, 0.5) is 17.4 Å². The zero-order valence-electron chi connectivity index (χ0n) is 15.0. The van der Waals surface area contributed by atoms with E-state index < -0.39 is 0 Å². The molecule has 3 aromatic carbocycles. The van der Waals surface area contributed by atoms with Crippen molar-refractivity contribution in [3.63, 3.8) is 0 Å². The lowest BCUT2D eigenvalue weighted by Crippen LogP contribution is -2.22. The van der Waals surface area contributed by atoms with Crippen molar-refractivity contribution < 1.29 is 14.0 Å². The normalized spacial score (nSPS) is 12.4. The monoisotopic (exact) mass is 382 g/mol. The molecule has 29 heavy (non-hydrogen) atoms. The van der Waals surface area contributed by atoms with Gasteiger partial charge in [0.25, 0.3) is 5.89 Å². The van der Waals surface area contributed by atoms with E-state index in [1.807, 2.05) is 30.3 Å². The molecular formula is C22H14N4O3. The molecule has 140 valence electrons. The molecule has 0 aliphatic heterocycles. The van der Waals surface area contributed by atoms with Crippen LogP contribution in [0.2, 0.25) is 0 Å². The van der Waals surface area contributed by atoms with Gasteiger partial charge in [-0.25, -0.2) is 0 Å². The topological polar surface area (TPSA) is 111 Å². The van der Waals surface area contributed by atoms with Crippen LogP contribution in [-0.4, -0.2) is 21.8 Å². The minimum Gasteiger partial charge on any atom is -0.403 e. The molecule has 7 heteroatoms. The highest BCUT2D eigenvalue weighted by Gasteiger charge is 2.32. The Hall–Kier alpha value is -4.26. The first-order chi connectivity index (χ1) is 14.1. The molecule has 0 saturated heterocycles. The van der Waals surface area contributed by atoms with Gasteiger partial charge in [0.2, 0.25) is 0 Å². The Morgan fingerprint density at radius 3 is 2.14 bits per heavy atom. The highest BCUT2D eigenvalue weighted by molar-refractivity contribution is 6.30. The molecule has 0 atom stereocenters. The second-order valence-corrected chi connectivity index (χ2v) is 6.56. The van der Waals surface area contributed by atoms with Gasteiger partial charge < -0.3 is 15.5 Å². The second-order valence-electron chi connectivity index (χ2n) is 6.56. The predicted molar refractivity (Wildman–Crippen MR) is 107 cm³/mol. The molecule has 1 aliphatic carbocycles. The Morgan fingerprint density at radius 1 is 0.724 bits per heavy atom. The average Bonchev–Trinajstić information content (AvgIpc) is 3.20. The Kier molecular flexibility index (Phi) is 3.74. The van der Waals surface area contributed by atoms with Gasteiger partial charge in [0.15, 0.2) is 11.6 Å². The van der Waals surface area contributed by atoms with Gasteiger partial charge in [0.1, 0.15) is 0 Å². The number of fused-ring (bicyclic) bond motifs is 2. The number of nitrogens with two attached hydrogens (primary N) is 1. The number of aromatic nitrogens is 2. The number of nitrogens with one attached hydrogen (secondary N) is 1. The lowest BCUT2D eigenvalue weighted by atomic mass is 9.82. The van der Waals surface area contributed by atoms with Crippen LogP contribution in [-0.2, 0) is 0 Å². The minimum atomic E-state index is -0.295. The molecule has 0 amide bonds. The summed E-state index contributed by atoms with van der Waals surface area (Å²) in [4.78, 5) is 25.8. The van der Waals surface area contributed by atoms with Crippen LogP contribution in [0.1, 0.15) is 31.8 Å².